The van der Waals surface area contributed by atoms with Crippen molar-refractivity contribution in [1.82, 2.24) is 9.78 Å². The number of fused-ring (bicyclic) bond motifs is 1. The van der Waals surface area contributed by atoms with E-state index >= 15 is 0 Å². The summed E-state index contributed by atoms with van der Waals surface area (Å²) in [5.41, 5.74) is 4.95. The molecule has 3 rings (SSSR count). The number of nitrogens with zero attached hydrogens (tertiary/aromatic N) is 3. The van der Waals surface area contributed by atoms with Crippen LogP contribution >= 0.6 is 0 Å². The lowest BCUT2D eigenvalue weighted by Crippen LogP contribution is -2.21. The molecule has 144 valence electrons. The molecular formula is C20H26N4O3. The van der Waals surface area contributed by atoms with Gasteiger partial charge in [0.15, 0.2) is 0 Å². The Morgan fingerprint density at radius 3 is 2.85 bits per heavy atom. The summed E-state index contributed by atoms with van der Waals surface area (Å²) < 4.78 is 7.67. The molecule has 27 heavy (non-hydrogen) atoms. The second-order valence-corrected chi connectivity index (χ2v) is 6.59. The van der Waals surface area contributed by atoms with E-state index in [1.807, 2.05) is 36.9 Å². The average Bonchev–Trinajstić information content (AvgIpc) is 2.96. The first-order valence-corrected chi connectivity index (χ1v) is 9.37. The third kappa shape index (κ3) is 4.13. The molecule has 1 aliphatic rings. The zero-order valence-electron chi connectivity index (χ0n) is 16.1. The number of aromatic nitrogens is 2. The molecule has 2 N–H and O–H groups in total. The van der Waals surface area contributed by atoms with Crippen molar-refractivity contribution in [2.24, 2.45) is 12.0 Å². The number of aliphatic carboxylic acids is 1. The minimum Gasteiger partial charge on any atom is -0.493 e. The molecule has 1 aromatic heterocycles. The standard InChI is InChI=1S/C20H26N4O3/c1-4-6-15-19-16(24(3)23-15)12-21-20(22-19)14-11-13(8-10-18(25)26)7-9-17(14)27-5-2/h7,9,11H,4-6,8,10,12H2,1-3H3,(H,21,22)(H,25,26). The number of nitrogens with one attached hydrogen (secondary N) is 1. The fourth-order valence-electron chi connectivity index (χ4n) is 3.27. The Morgan fingerprint density at radius 1 is 1.33 bits per heavy atom. The van der Waals surface area contributed by atoms with Gasteiger partial charge < -0.3 is 15.2 Å². The van der Waals surface area contributed by atoms with Crippen molar-refractivity contribution in [1.29, 1.82) is 0 Å². The van der Waals surface area contributed by atoms with E-state index in [4.69, 9.17) is 14.8 Å². The quantitative estimate of drug-likeness (QED) is 0.745. The van der Waals surface area contributed by atoms with Gasteiger partial charge in [-0.05, 0) is 37.5 Å². The number of benzene rings is 1. The summed E-state index contributed by atoms with van der Waals surface area (Å²) in [5, 5.41) is 17.0. The van der Waals surface area contributed by atoms with Gasteiger partial charge in [0.05, 0.1) is 35.8 Å². The molecule has 1 aromatic carbocycles. The topological polar surface area (TPSA) is 88.7 Å². The van der Waals surface area contributed by atoms with Gasteiger partial charge >= 0.3 is 5.97 Å². The number of carboxylic acid groups (broad SMARTS) is 1. The number of anilines is 1. The van der Waals surface area contributed by atoms with Crippen molar-refractivity contribution in [2.45, 2.75) is 46.1 Å². The molecule has 2 heterocycles. The molecular weight excluding hydrogens is 344 g/mol. The van der Waals surface area contributed by atoms with Crippen LogP contribution in [-0.4, -0.2) is 33.3 Å². The highest BCUT2D eigenvalue weighted by Gasteiger charge is 2.23. The van der Waals surface area contributed by atoms with E-state index in [0.717, 1.165) is 52.6 Å². The van der Waals surface area contributed by atoms with Crippen LogP contribution in [0.5, 0.6) is 5.75 Å². The van der Waals surface area contributed by atoms with Crippen molar-refractivity contribution >= 4 is 17.5 Å². The second-order valence-electron chi connectivity index (χ2n) is 6.59. The molecule has 7 nitrogen and oxygen atoms in total. The van der Waals surface area contributed by atoms with Crippen molar-refractivity contribution in [3.8, 4) is 5.75 Å². The second kappa shape index (κ2) is 8.24. The van der Waals surface area contributed by atoms with Crippen LogP contribution in [0.15, 0.2) is 23.2 Å². The highest BCUT2D eigenvalue weighted by atomic mass is 16.5. The number of aliphatic imine (C=N–C) groups is 1. The third-order valence-corrected chi connectivity index (χ3v) is 4.58. The molecule has 0 radical (unpaired) electrons. The molecule has 0 bridgehead atoms. The van der Waals surface area contributed by atoms with E-state index in [9.17, 15) is 4.79 Å². The largest absolute Gasteiger partial charge is 0.493 e. The first-order chi connectivity index (χ1) is 13.0. The maximum Gasteiger partial charge on any atom is 0.303 e. The van der Waals surface area contributed by atoms with Crippen molar-refractivity contribution < 1.29 is 14.6 Å². The van der Waals surface area contributed by atoms with E-state index in [2.05, 4.69) is 17.3 Å². The minimum atomic E-state index is -0.803. The monoisotopic (exact) mass is 370 g/mol. The molecule has 2 aromatic rings. The van der Waals surface area contributed by atoms with Gasteiger partial charge in [0, 0.05) is 13.5 Å². The number of aryl methyl sites for hydroxylation is 3. The molecule has 0 fully saturated rings. The number of carboxylic acids is 1. The predicted octanol–water partition coefficient (Wildman–Crippen LogP) is 3.16. The molecule has 0 amide bonds. The summed E-state index contributed by atoms with van der Waals surface area (Å²) >= 11 is 0. The van der Waals surface area contributed by atoms with Gasteiger partial charge in [-0.15, -0.1) is 0 Å². The summed E-state index contributed by atoms with van der Waals surface area (Å²) in [6.07, 6.45) is 2.49. The Morgan fingerprint density at radius 2 is 2.15 bits per heavy atom. The average molecular weight is 370 g/mol. The fourth-order valence-corrected chi connectivity index (χ4v) is 3.27. The summed E-state index contributed by atoms with van der Waals surface area (Å²) in [4.78, 5) is 15.6. The fraction of sp³-hybridized carbons (Fsp3) is 0.450. The van der Waals surface area contributed by atoms with Crippen LogP contribution < -0.4 is 10.1 Å². The van der Waals surface area contributed by atoms with Gasteiger partial charge in [-0.3, -0.25) is 14.5 Å². The molecule has 0 spiro atoms. The van der Waals surface area contributed by atoms with Crippen LogP contribution in [0.1, 0.15) is 49.2 Å². The lowest BCUT2D eigenvalue weighted by molar-refractivity contribution is -0.136. The maximum atomic E-state index is 10.9. The van der Waals surface area contributed by atoms with Crippen LogP contribution in [0.4, 0.5) is 5.69 Å². The Kier molecular flexibility index (Phi) is 5.78. The maximum absolute atomic E-state index is 10.9. The molecule has 1 aliphatic heterocycles. The van der Waals surface area contributed by atoms with Crippen LogP contribution in [0, 0.1) is 0 Å². The van der Waals surface area contributed by atoms with Gasteiger partial charge in [-0.1, -0.05) is 19.4 Å². The van der Waals surface area contributed by atoms with Gasteiger partial charge in [0.1, 0.15) is 11.6 Å². The van der Waals surface area contributed by atoms with Crippen LogP contribution in [0.2, 0.25) is 0 Å². The Bertz CT molecular complexity index is 870. The molecule has 0 aliphatic carbocycles. The SMILES string of the molecule is CCCc1nn(C)c2c1NC(c1cc(CCC(=O)O)ccc1OCC)=NC2. The molecule has 7 heteroatoms. The van der Waals surface area contributed by atoms with Crippen molar-refractivity contribution in [3.05, 3.63) is 40.7 Å². The zero-order chi connectivity index (χ0) is 19.4. The van der Waals surface area contributed by atoms with Crippen molar-refractivity contribution in [2.75, 3.05) is 11.9 Å². The smallest absolute Gasteiger partial charge is 0.303 e. The van der Waals surface area contributed by atoms with Gasteiger partial charge in [0.25, 0.3) is 0 Å². The third-order valence-electron chi connectivity index (χ3n) is 4.58. The Labute approximate surface area is 159 Å². The number of carbonyl (C=O) groups is 1. The van der Waals surface area contributed by atoms with Crippen molar-refractivity contribution in [3.63, 3.8) is 0 Å². The summed E-state index contributed by atoms with van der Waals surface area (Å²) in [7, 11) is 1.94. The Hall–Kier alpha value is -2.83. The van der Waals surface area contributed by atoms with E-state index in [-0.39, 0.29) is 6.42 Å². The van der Waals surface area contributed by atoms with Gasteiger partial charge in [-0.2, -0.15) is 5.10 Å². The van der Waals surface area contributed by atoms with Crippen LogP contribution in [-0.2, 0) is 31.2 Å². The number of hydrogen-bond acceptors (Lipinski definition) is 5. The van der Waals surface area contributed by atoms with E-state index in [0.29, 0.717) is 19.6 Å². The van der Waals surface area contributed by atoms with Gasteiger partial charge in [-0.25, -0.2) is 0 Å². The number of hydrogen-bond donors (Lipinski definition) is 2. The lowest BCUT2D eigenvalue weighted by atomic mass is 10.0. The summed E-state index contributed by atoms with van der Waals surface area (Å²) in [6, 6.07) is 5.78. The lowest BCUT2D eigenvalue weighted by Gasteiger charge is -2.20. The number of rotatable bonds is 8. The van der Waals surface area contributed by atoms with Crippen LogP contribution in [0.3, 0.4) is 0 Å². The molecule has 0 saturated heterocycles. The minimum absolute atomic E-state index is 0.0979. The normalized spacial score (nSPS) is 12.9. The Balaban J connectivity index is 1.94. The molecule has 0 atom stereocenters. The number of amidine groups is 1. The highest BCUT2D eigenvalue weighted by molar-refractivity contribution is 6.11. The summed E-state index contributed by atoms with van der Waals surface area (Å²) in [6.45, 7) is 5.18. The van der Waals surface area contributed by atoms with E-state index in [1.54, 1.807) is 0 Å². The first kappa shape index (κ1) is 18.9. The van der Waals surface area contributed by atoms with Crippen LogP contribution in [0.25, 0.3) is 0 Å². The first-order valence-electron chi connectivity index (χ1n) is 9.37. The van der Waals surface area contributed by atoms with E-state index in [1.165, 1.54) is 0 Å². The van der Waals surface area contributed by atoms with Gasteiger partial charge in [0.2, 0.25) is 0 Å². The summed E-state index contributed by atoms with van der Waals surface area (Å²) in [5.74, 6) is 0.684. The predicted molar refractivity (Wildman–Crippen MR) is 105 cm³/mol. The van der Waals surface area contributed by atoms with E-state index < -0.39 is 5.97 Å². The zero-order valence-corrected chi connectivity index (χ0v) is 16.1. The number of ether oxygens (including phenoxy) is 1. The molecule has 0 saturated carbocycles. The molecule has 0 unspecified atom stereocenters. The highest BCUT2D eigenvalue weighted by Crippen LogP contribution is 2.30.